The maximum atomic E-state index is 5.97. The predicted octanol–water partition coefficient (Wildman–Crippen LogP) is 5.67. The van der Waals surface area contributed by atoms with Crippen LogP contribution in [0.15, 0.2) is 103 Å². The Hall–Kier alpha value is -3.92. The Balaban J connectivity index is 1.32. The lowest BCUT2D eigenvalue weighted by Crippen LogP contribution is -1.99. The highest BCUT2D eigenvalue weighted by Gasteiger charge is 2.07. The summed E-state index contributed by atoms with van der Waals surface area (Å²) in [6, 6.07) is 30.5. The lowest BCUT2D eigenvalue weighted by Gasteiger charge is -2.10. The molecule has 0 unspecified atom stereocenters. The summed E-state index contributed by atoms with van der Waals surface area (Å²) in [5.41, 5.74) is 5.22. The molecule has 0 N–H and O–H groups in total. The van der Waals surface area contributed by atoms with E-state index in [0.29, 0.717) is 6.61 Å². The zero-order valence-electron chi connectivity index (χ0n) is 15.8. The van der Waals surface area contributed by atoms with Gasteiger partial charge in [-0.3, -0.25) is 4.98 Å². The van der Waals surface area contributed by atoms with E-state index in [9.17, 15) is 0 Å². The molecule has 2 heterocycles. The number of pyridine rings is 1. The predicted molar refractivity (Wildman–Crippen MR) is 115 cm³/mol. The number of ether oxygens (including phenoxy) is 1. The number of benzene rings is 3. The van der Waals surface area contributed by atoms with Gasteiger partial charge in [-0.25, -0.2) is 4.68 Å². The second kappa shape index (κ2) is 7.60. The Morgan fingerprint density at radius 1 is 0.793 bits per heavy atom. The fraction of sp³-hybridized carbons (Fsp3) is 0.0400. The Kier molecular flexibility index (Phi) is 4.51. The number of para-hydroxylation sites is 2. The molecule has 0 fully saturated rings. The van der Waals surface area contributed by atoms with E-state index in [1.54, 1.807) is 0 Å². The molecule has 0 bridgehead atoms. The molecule has 0 aliphatic carbocycles. The molecule has 4 heteroatoms. The summed E-state index contributed by atoms with van der Waals surface area (Å²) in [6.07, 6.45) is 3.69. The van der Waals surface area contributed by atoms with Crippen molar-refractivity contribution in [1.82, 2.24) is 14.8 Å². The molecular weight excluding hydrogens is 358 g/mol. The molecule has 3 aromatic carbocycles. The third kappa shape index (κ3) is 3.60. The van der Waals surface area contributed by atoms with E-state index >= 15 is 0 Å². The molecule has 5 aromatic rings. The van der Waals surface area contributed by atoms with Crippen LogP contribution in [-0.2, 0) is 6.61 Å². The van der Waals surface area contributed by atoms with E-state index in [4.69, 9.17) is 4.74 Å². The fourth-order valence-electron chi connectivity index (χ4n) is 3.38. The lowest BCUT2D eigenvalue weighted by atomic mass is 10.1. The third-order valence-electron chi connectivity index (χ3n) is 4.85. The average Bonchev–Trinajstić information content (AvgIpc) is 3.28. The van der Waals surface area contributed by atoms with E-state index in [0.717, 1.165) is 39.2 Å². The quantitative estimate of drug-likeness (QED) is 0.396. The van der Waals surface area contributed by atoms with Gasteiger partial charge < -0.3 is 4.74 Å². The summed E-state index contributed by atoms with van der Waals surface area (Å²) in [4.78, 5) is 4.49. The number of hydrogen-bond donors (Lipinski definition) is 0. The summed E-state index contributed by atoms with van der Waals surface area (Å²) < 4.78 is 7.91. The smallest absolute Gasteiger partial charge is 0.119 e. The van der Waals surface area contributed by atoms with Crippen molar-refractivity contribution in [2.24, 2.45) is 0 Å². The van der Waals surface area contributed by atoms with Gasteiger partial charge in [-0.2, -0.15) is 5.10 Å². The molecule has 5 rings (SSSR count). The lowest BCUT2D eigenvalue weighted by molar-refractivity contribution is 0.306. The highest BCUT2D eigenvalue weighted by atomic mass is 16.5. The molecule has 0 amide bonds. The van der Waals surface area contributed by atoms with Crippen LogP contribution in [0.1, 0.15) is 5.56 Å². The van der Waals surface area contributed by atoms with Crippen molar-refractivity contribution in [2.45, 2.75) is 6.61 Å². The van der Waals surface area contributed by atoms with Crippen molar-refractivity contribution >= 4 is 10.9 Å². The van der Waals surface area contributed by atoms with Gasteiger partial charge in [0.25, 0.3) is 0 Å². The van der Waals surface area contributed by atoms with Crippen LogP contribution in [0.3, 0.4) is 0 Å². The summed E-state index contributed by atoms with van der Waals surface area (Å²) in [5.74, 6) is 0.827. The van der Waals surface area contributed by atoms with E-state index < -0.39 is 0 Å². The Morgan fingerprint density at radius 3 is 2.45 bits per heavy atom. The van der Waals surface area contributed by atoms with Gasteiger partial charge in [0.2, 0.25) is 0 Å². The van der Waals surface area contributed by atoms with E-state index in [1.807, 2.05) is 83.8 Å². The van der Waals surface area contributed by atoms with Crippen LogP contribution in [0.25, 0.3) is 27.8 Å². The Bertz CT molecular complexity index is 1240. The van der Waals surface area contributed by atoms with E-state index in [2.05, 4.69) is 34.3 Å². The first-order chi connectivity index (χ1) is 14.4. The maximum Gasteiger partial charge on any atom is 0.119 e. The maximum absolute atomic E-state index is 5.97. The van der Waals surface area contributed by atoms with Crippen LogP contribution >= 0.6 is 0 Å². The molecular formula is C25H19N3O. The minimum Gasteiger partial charge on any atom is -0.489 e. The van der Waals surface area contributed by atoms with Gasteiger partial charge in [0.05, 0.1) is 23.1 Å². The molecule has 4 nitrogen and oxygen atoms in total. The van der Waals surface area contributed by atoms with E-state index in [-0.39, 0.29) is 0 Å². The molecule has 2 aromatic heterocycles. The third-order valence-corrected chi connectivity index (χ3v) is 4.85. The topological polar surface area (TPSA) is 39.9 Å². The molecule has 0 aliphatic heterocycles. The molecule has 0 saturated heterocycles. The van der Waals surface area contributed by atoms with Crippen LogP contribution in [0.4, 0.5) is 0 Å². The van der Waals surface area contributed by atoms with Crippen molar-refractivity contribution in [3.05, 3.63) is 109 Å². The molecule has 29 heavy (non-hydrogen) atoms. The summed E-state index contributed by atoms with van der Waals surface area (Å²) in [6.45, 7) is 0.485. The minimum absolute atomic E-state index is 0.485. The van der Waals surface area contributed by atoms with Gasteiger partial charge in [0.15, 0.2) is 0 Å². The van der Waals surface area contributed by atoms with Gasteiger partial charge in [0.1, 0.15) is 12.4 Å². The van der Waals surface area contributed by atoms with Crippen LogP contribution in [0.2, 0.25) is 0 Å². The van der Waals surface area contributed by atoms with Gasteiger partial charge in [-0.15, -0.1) is 0 Å². The highest BCUT2D eigenvalue weighted by molar-refractivity contribution is 5.78. The second-order valence-electron chi connectivity index (χ2n) is 6.81. The van der Waals surface area contributed by atoms with Crippen LogP contribution in [-0.4, -0.2) is 14.8 Å². The zero-order valence-corrected chi connectivity index (χ0v) is 15.8. The minimum atomic E-state index is 0.485. The normalized spacial score (nSPS) is 10.9. The Morgan fingerprint density at radius 2 is 1.59 bits per heavy atom. The van der Waals surface area contributed by atoms with E-state index in [1.165, 1.54) is 0 Å². The molecule has 0 spiro atoms. The van der Waals surface area contributed by atoms with Crippen molar-refractivity contribution in [3.63, 3.8) is 0 Å². The van der Waals surface area contributed by atoms with Crippen molar-refractivity contribution in [2.75, 3.05) is 0 Å². The van der Waals surface area contributed by atoms with Crippen LogP contribution in [0.5, 0.6) is 5.75 Å². The molecule has 140 valence electrons. The second-order valence-corrected chi connectivity index (χ2v) is 6.81. The highest BCUT2D eigenvalue weighted by Crippen LogP contribution is 2.25. The molecule has 0 saturated carbocycles. The fourth-order valence-corrected chi connectivity index (χ4v) is 3.38. The van der Waals surface area contributed by atoms with Gasteiger partial charge in [-0.1, -0.05) is 36.4 Å². The standard InChI is InChI=1S/C25H19N3O/c1-2-7-22(8-3-1)28-25(14-15-27-28)20-10-12-23(13-11-20)29-18-19-16-21-6-4-5-9-24(21)26-17-19/h1-17H,18H2. The van der Waals surface area contributed by atoms with Crippen LogP contribution in [0, 0.1) is 0 Å². The van der Waals surface area contributed by atoms with Crippen molar-refractivity contribution in [3.8, 4) is 22.7 Å². The first kappa shape index (κ1) is 17.2. The molecule has 0 radical (unpaired) electrons. The number of fused-ring (bicyclic) bond motifs is 1. The first-order valence-corrected chi connectivity index (χ1v) is 9.53. The number of nitrogens with zero attached hydrogens (tertiary/aromatic N) is 3. The zero-order chi connectivity index (χ0) is 19.5. The van der Waals surface area contributed by atoms with Crippen molar-refractivity contribution < 1.29 is 4.74 Å². The largest absolute Gasteiger partial charge is 0.489 e. The van der Waals surface area contributed by atoms with Crippen LogP contribution < -0.4 is 4.74 Å². The number of rotatable bonds is 5. The number of hydrogen-bond acceptors (Lipinski definition) is 3. The number of aromatic nitrogens is 3. The van der Waals surface area contributed by atoms with Gasteiger partial charge >= 0.3 is 0 Å². The monoisotopic (exact) mass is 377 g/mol. The summed E-state index contributed by atoms with van der Waals surface area (Å²) in [7, 11) is 0. The van der Waals surface area contributed by atoms with Gasteiger partial charge in [-0.05, 0) is 54.6 Å². The molecule has 0 aliphatic rings. The summed E-state index contributed by atoms with van der Waals surface area (Å²) in [5, 5.41) is 5.59. The van der Waals surface area contributed by atoms with Crippen molar-refractivity contribution in [1.29, 1.82) is 0 Å². The average molecular weight is 377 g/mol. The van der Waals surface area contributed by atoms with Gasteiger partial charge in [0, 0.05) is 22.7 Å². The first-order valence-electron chi connectivity index (χ1n) is 9.53. The SMILES string of the molecule is c1ccc(-n2nccc2-c2ccc(OCc3cnc4ccccc4c3)cc2)cc1. The molecule has 0 atom stereocenters. The summed E-state index contributed by atoms with van der Waals surface area (Å²) >= 11 is 0. The Labute approximate surface area is 169 Å².